The summed E-state index contributed by atoms with van der Waals surface area (Å²) in [5, 5.41) is 12.0. The summed E-state index contributed by atoms with van der Waals surface area (Å²) in [5.41, 5.74) is 1.94. The summed E-state index contributed by atoms with van der Waals surface area (Å²) in [6.07, 6.45) is 3.84. The summed E-state index contributed by atoms with van der Waals surface area (Å²) in [5.74, 6) is -0.783. The molecule has 7 nitrogen and oxygen atoms in total. The van der Waals surface area contributed by atoms with Gasteiger partial charge in [-0.3, -0.25) is 9.69 Å². The SMILES string of the molecule is CCOC(=O)c1oc2c(CN3[C@@H](C)CCC[C@@H]3C)c(O)c(CC)cc2c(=O)c1-c1nc2ccccc2s1. The Bertz CT molecular complexity index is 1500. The van der Waals surface area contributed by atoms with Gasteiger partial charge in [0.05, 0.1) is 27.8 Å². The lowest BCUT2D eigenvalue weighted by atomic mass is 9.95. The summed E-state index contributed by atoms with van der Waals surface area (Å²) in [6, 6.07) is 9.92. The smallest absolute Gasteiger partial charge is 0.375 e. The highest BCUT2D eigenvalue weighted by molar-refractivity contribution is 7.21. The highest BCUT2D eigenvalue weighted by atomic mass is 32.1. The molecule has 0 spiro atoms. The number of carbonyl (C=O) groups excluding carboxylic acids is 1. The van der Waals surface area contributed by atoms with Crippen molar-refractivity contribution in [1.82, 2.24) is 9.88 Å². The van der Waals surface area contributed by atoms with Crippen LogP contribution in [0, 0.1) is 0 Å². The number of nitrogens with zero attached hydrogens (tertiary/aromatic N) is 2. The first-order valence-corrected chi connectivity index (χ1v) is 13.8. The third-order valence-corrected chi connectivity index (χ3v) is 8.45. The largest absolute Gasteiger partial charge is 0.507 e. The van der Waals surface area contributed by atoms with Crippen molar-refractivity contribution in [2.24, 2.45) is 0 Å². The average molecular weight is 521 g/mol. The fourth-order valence-corrected chi connectivity index (χ4v) is 6.35. The van der Waals surface area contributed by atoms with E-state index in [0.717, 1.165) is 29.5 Å². The highest BCUT2D eigenvalue weighted by Gasteiger charge is 2.31. The Balaban J connectivity index is 1.79. The van der Waals surface area contributed by atoms with Crippen molar-refractivity contribution in [2.45, 2.75) is 72.0 Å². The highest BCUT2D eigenvalue weighted by Crippen LogP contribution is 2.38. The second-order valence-electron chi connectivity index (χ2n) is 9.74. The Morgan fingerprint density at radius 2 is 1.95 bits per heavy atom. The Hall–Kier alpha value is -3.23. The van der Waals surface area contributed by atoms with E-state index in [4.69, 9.17) is 9.15 Å². The number of likely N-dealkylation sites (tertiary alicyclic amines) is 1. The molecule has 0 amide bonds. The van der Waals surface area contributed by atoms with Crippen LogP contribution in [0.2, 0.25) is 0 Å². The lowest BCUT2D eigenvalue weighted by molar-refractivity contribution is 0.0491. The first kappa shape index (κ1) is 25.4. The maximum absolute atomic E-state index is 14.1. The van der Waals surface area contributed by atoms with E-state index < -0.39 is 5.97 Å². The molecule has 3 heterocycles. The number of para-hydroxylation sites is 1. The van der Waals surface area contributed by atoms with Gasteiger partial charge in [0.15, 0.2) is 0 Å². The minimum absolute atomic E-state index is 0.102. The van der Waals surface area contributed by atoms with E-state index in [1.807, 2.05) is 31.2 Å². The lowest BCUT2D eigenvalue weighted by Crippen LogP contribution is -2.43. The lowest BCUT2D eigenvalue weighted by Gasteiger charge is -2.39. The molecule has 5 rings (SSSR count). The number of esters is 1. The summed E-state index contributed by atoms with van der Waals surface area (Å²) in [7, 11) is 0. The molecule has 2 aromatic heterocycles. The molecule has 8 heteroatoms. The van der Waals surface area contributed by atoms with Crippen LogP contribution in [0.1, 0.15) is 68.6 Å². The molecule has 0 aliphatic carbocycles. The molecule has 0 saturated carbocycles. The van der Waals surface area contributed by atoms with Gasteiger partial charge >= 0.3 is 5.97 Å². The Morgan fingerprint density at radius 1 is 1.22 bits per heavy atom. The summed E-state index contributed by atoms with van der Waals surface area (Å²) >= 11 is 1.33. The fraction of sp³-hybridized carbons (Fsp3) is 0.414. The second kappa shape index (κ2) is 10.3. The van der Waals surface area contributed by atoms with Crippen LogP contribution in [0.15, 0.2) is 39.5 Å². The van der Waals surface area contributed by atoms with E-state index in [2.05, 4.69) is 23.7 Å². The number of piperidine rings is 1. The molecule has 0 bridgehead atoms. The van der Waals surface area contributed by atoms with Crippen molar-refractivity contribution in [3.8, 4) is 16.3 Å². The number of phenols is 1. The van der Waals surface area contributed by atoms with Gasteiger partial charge in [-0.1, -0.05) is 25.5 Å². The van der Waals surface area contributed by atoms with Crippen molar-refractivity contribution >= 4 is 38.5 Å². The third kappa shape index (κ3) is 4.53. The molecule has 1 aliphatic heterocycles. The maximum atomic E-state index is 14.1. The van der Waals surface area contributed by atoms with Gasteiger partial charge < -0.3 is 14.3 Å². The molecule has 0 radical (unpaired) electrons. The van der Waals surface area contributed by atoms with Gasteiger partial charge in [0.2, 0.25) is 11.2 Å². The standard InChI is InChI=1S/C29H32N2O5S/c1-5-18-14-19-25(33)23(28-30-21-12-7-8-13-22(21)37-28)27(29(34)35-6-2)36-26(19)20(24(18)32)15-31-16(3)10-9-11-17(31)4/h7-8,12-14,16-17,32H,5-6,9-11,15H2,1-4H3/t16-,17-/m0/s1. The van der Waals surface area contributed by atoms with E-state index in [9.17, 15) is 14.7 Å². The molecule has 1 saturated heterocycles. The number of rotatable bonds is 6. The topological polar surface area (TPSA) is 92.9 Å². The predicted octanol–water partition coefficient (Wildman–Crippen LogP) is 6.28. The van der Waals surface area contributed by atoms with Crippen LogP contribution in [0.3, 0.4) is 0 Å². The van der Waals surface area contributed by atoms with Crippen LogP contribution >= 0.6 is 11.3 Å². The van der Waals surface area contributed by atoms with Gasteiger partial charge in [-0.2, -0.15) is 0 Å². The van der Waals surface area contributed by atoms with E-state index >= 15 is 0 Å². The van der Waals surface area contributed by atoms with Crippen LogP contribution in [-0.4, -0.2) is 39.7 Å². The first-order chi connectivity index (χ1) is 17.8. The number of ether oxygens (including phenoxy) is 1. The number of hydrogen-bond donors (Lipinski definition) is 1. The van der Waals surface area contributed by atoms with Crippen LogP contribution in [0.4, 0.5) is 0 Å². The van der Waals surface area contributed by atoms with Crippen LogP contribution in [-0.2, 0) is 17.7 Å². The minimum Gasteiger partial charge on any atom is -0.507 e. The molecule has 2 aromatic carbocycles. The van der Waals surface area contributed by atoms with E-state index in [1.165, 1.54) is 11.3 Å². The Labute approximate surface area is 219 Å². The molecule has 1 N–H and O–H groups in total. The molecule has 194 valence electrons. The Kier molecular flexibility index (Phi) is 7.05. The number of aromatic nitrogens is 1. The van der Waals surface area contributed by atoms with Crippen molar-refractivity contribution in [3.05, 3.63) is 57.4 Å². The minimum atomic E-state index is -0.722. The number of aromatic hydroxyl groups is 1. The van der Waals surface area contributed by atoms with Crippen molar-refractivity contribution in [2.75, 3.05) is 6.61 Å². The second-order valence-corrected chi connectivity index (χ2v) is 10.8. The summed E-state index contributed by atoms with van der Waals surface area (Å²) in [4.78, 5) is 34.2. The number of hydrogen-bond acceptors (Lipinski definition) is 8. The van der Waals surface area contributed by atoms with E-state index in [-0.39, 0.29) is 34.7 Å². The zero-order valence-corrected chi connectivity index (χ0v) is 22.5. The normalized spacial score (nSPS) is 18.5. The number of aryl methyl sites for hydroxylation is 1. The predicted molar refractivity (Wildman–Crippen MR) is 146 cm³/mol. The van der Waals surface area contributed by atoms with Crippen molar-refractivity contribution in [1.29, 1.82) is 0 Å². The quantitative estimate of drug-likeness (QED) is 0.299. The average Bonchev–Trinajstić information content (AvgIpc) is 3.31. The fourth-order valence-electron chi connectivity index (χ4n) is 5.35. The van der Waals surface area contributed by atoms with Crippen molar-refractivity contribution in [3.63, 3.8) is 0 Å². The molecule has 1 aliphatic rings. The number of fused-ring (bicyclic) bond motifs is 2. The van der Waals surface area contributed by atoms with Gasteiger partial charge in [-0.05, 0) is 63.8 Å². The molecule has 1 fully saturated rings. The van der Waals surface area contributed by atoms with Gasteiger partial charge in [0, 0.05) is 18.6 Å². The number of thiazole rings is 1. The first-order valence-electron chi connectivity index (χ1n) is 13.0. The van der Waals surface area contributed by atoms with Crippen LogP contribution < -0.4 is 5.43 Å². The zero-order chi connectivity index (χ0) is 26.3. The molecule has 2 atom stereocenters. The third-order valence-electron chi connectivity index (χ3n) is 7.40. The molecule has 37 heavy (non-hydrogen) atoms. The summed E-state index contributed by atoms with van der Waals surface area (Å²) < 4.78 is 12.5. The van der Waals surface area contributed by atoms with Gasteiger partial charge in [0.1, 0.15) is 21.9 Å². The number of benzene rings is 2. The van der Waals surface area contributed by atoms with E-state index in [1.54, 1.807) is 13.0 Å². The van der Waals surface area contributed by atoms with Gasteiger partial charge in [-0.25, -0.2) is 9.78 Å². The molecule has 4 aromatic rings. The number of carbonyl (C=O) groups is 1. The molecular formula is C29H32N2O5S. The van der Waals surface area contributed by atoms with Crippen LogP contribution in [0.5, 0.6) is 5.75 Å². The monoisotopic (exact) mass is 520 g/mol. The van der Waals surface area contributed by atoms with E-state index in [0.29, 0.717) is 46.6 Å². The Morgan fingerprint density at radius 3 is 2.62 bits per heavy atom. The van der Waals surface area contributed by atoms with Crippen molar-refractivity contribution < 1.29 is 19.1 Å². The van der Waals surface area contributed by atoms with Gasteiger partial charge in [-0.15, -0.1) is 11.3 Å². The summed E-state index contributed by atoms with van der Waals surface area (Å²) in [6.45, 7) is 8.58. The van der Waals surface area contributed by atoms with Crippen LogP contribution in [0.25, 0.3) is 31.8 Å². The zero-order valence-electron chi connectivity index (χ0n) is 21.7. The number of phenolic OH excluding ortho intramolecular Hbond substituents is 1. The molecule has 0 unspecified atom stereocenters. The van der Waals surface area contributed by atoms with Gasteiger partial charge in [0.25, 0.3) is 0 Å². The maximum Gasteiger partial charge on any atom is 0.375 e. The molecular weight excluding hydrogens is 488 g/mol.